The van der Waals surface area contributed by atoms with Crippen LogP contribution in [0.25, 0.3) is 0 Å². The minimum Gasteiger partial charge on any atom is -0.372 e. The smallest absolute Gasteiger partial charge is 0.249 e. The molecular weight excluding hydrogens is 224 g/mol. The summed E-state index contributed by atoms with van der Waals surface area (Å²) in [5, 5.41) is 3.81. The van der Waals surface area contributed by atoms with E-state index in [1.165, 1.54) is 12.0 Å². The van der Waals surface area contributed by atoms with Crippen molar-refractivity contribution >= 4 is 17.2 Å². The second kappa shape index (κ2) is 5.96. The minimum absolute atomic E-state index is 0.0598. The summed E-state index contributed by atoms with van der Waals surface area (Å²) in [4.78, 5) is 17.1. The normalized spacial score (nSPS) is 14.5. The van der Waals surface area contributed by atoms with Crippen LogP contribution in [0.1, 0.15) is 36.7 Å². The Kier molecular flexibility index (Phi) is 4.89. The Balaban J connectivity index is 2.58. The van der Waals surface area contributed by atoms with E-state index in [2.05, 4.69) is 17.2 Å². The zero-order chi connectivity index (χ0) is 12.1. The molecule has 1 amide bonds. The Morgan fingerprint density at radius 3 is 2.81 bits per heavy atom. The van der Waals surface area contributed by atoms with Crippen LogP contribution in [0.3, 0.4) is 0 Å². The van der Waals surface area contributed by atoms with Crippen LogP contribution in [0.5, 0.6) is 0 Å². The zero-order valence-corrected chi connectivity index (χ0v) is 10.9. The molecule has 0 radical (unpaired) electrons. The highest BCUT2D eigenvalue weighted by molar-refractivity contribution is 7.11. The molecule has 0 aliphatic rings. The van der Waals surface area contributed by atoms with Crippen molar-refractivity contribution in [2.24, 2.45) is 0 Å². The fourth-order valence-corrected chi connectivity index (χ4v) is 2.05. The van der Waals surface area contributed by atoms with E-state index in [1.807, 2.05) is 13.1 Å². The number of amides is 1. The highest BCUT2D eigenvalue weighted by Gasteiger charge is 2.17. The van der Waals surface area contributed by atoms with Crippen LogP contribution in [0.4, 0.5) is 0 Å². The van der Waals surface area contributed by atoms with Crippen LogP contribution in [0, 0.1) is 0 Å². The molecule has 0 saturated heterocycles. The van der Waals surface area contributed by atoms with E-state index < -0.39 is 6.10 Å². The highest BCUT2D eigenvalue weighted by Crippen LogP contribution is 2.20. The lowest BCUT2D eigenvalue weighted by Crippen LogP contribution is -2.35. The molecule has 5 heteroatoms. The van der Waals surface area contributed by atoms with E-state index in [4.69, 9.17) is 4.74 Å². The maximum atomic E-state index is 11.6. The molecule has 0 aromatic carbocycles. The van der Waals surface area contributed by atoms with Crippen molar-refractivity contribution < 1.29 is 9.53 Å². The van der Waals surface area contributed by atoms with Gasteiger partial charge in [-0.15, -0.1) is 11.3 Å². The molecule has 4 nitrogen and oxygen atoms in total. The molecule has 2 atom stereocenters. The van der Waals surface area contributed by atoms with Gasteiger partial charge in [0.15, 0.2) is 0 Å². The maximum Gasteiger partial charge on any atom is 0.249 e. The lowest BCUT2D eigenvalue weighted by atomic mass is 10.3. The molecule has 1 N–H and O–H groups in total. The van der Waals surface area contributed by atoms with E-state index in [0.29, 0.717) is 0 Å². The molecule has 0 saturated carbocycles. The molecule has 1 aromatic rings. The SMILES string of the molecule is CCc1cnc(C(C)NC(=O)C(C)OC)s1. The molecule has 0 bridgehead atoms. The third-order valence-corrected chi connectivity index (χ3v) is 3.70. The number of nitrogens with zero attached hydrogens (tertiary/aromatic N) is 1. The average Bonchev–Trinajstić information content (AvgIpc) is 2.76. The number of rotatable bonds is 5. The summed E-state index contributed by atoms with van der Waals surface area (Å²) in [5.74, 6) is -0.108. The van der Waals surface area contributed by atoms with Gasteiger partial charge in [0.1, 0.15) is 11.1 Å². The van der Waals surface area contributed by atoms with Gasteiger partial charge in [-0.1, -0.05) is 6.92 Å². The van der Waals surface area contributed by atoms with E-state index in [9.17, 15) is 4.79 Å². The van der Waals surface area contributed by atoms with Gasteiger partial charge in [-0.3, -0.25) is 4.79 Å². The summed E-state index contributed by atoms with van der Waals surface area (Å²) in [6.45, 7) is 5.74. The number of methoxy groups -OCH3 is 1. The summed E-state index contributed by atoms with van der Waals surface area (Å²) in [6.07, 6.45) is 2.42. The number of nitrogens with one attached hydrogen (secondary N) is 1. The van der Waals surface area contributed by atoms with Gasteiger partial charge in [-0.05, 0) is 20.3 Å². The molecule has 0 aliphatic carbocycles. The second-order valence-corrected chi connectivity index (χ2v) is 4.77. The first-order valence-electron chi connectivity index (χ1n) is 5.36. The predicted octanol–water partition coefficient (Wildman–Crippen LogP) is 1.92. The average molecular weight is 242 g/mol. The molecule has 1 heterocycles. The van der Waals surface area contributed by atoms with Crippen molar-refractivity contribution in [2.75, 3.05) is 7.11 Å². The summed E-state index contributed by atoms with van der Waals surface area (Å²) in [7, 11) is 1.52. The van der Waals surface area contributed by atoms with E-state index in [-0.39, 0.29) is 11.9 Å². The summed E-state index contributed by atoms with van der Waals surface area (Å²) >= 11 is 1.64. The van der Waals surface area contributed by atoms with Gasteiger partial charge in [-0.2, -0.15) is 0 Å². The van der Waals surface area contributed by atoms with Gasteiger partial charge < -0.3 is 10.1 Å². The number of thiazole rings is 1. The van der Waals surface area contributed by atoms with Crippen molar-refractivity contribution in [1.29, 1.82) is 0 Å². The van der Waals surface area contributed by atoms with Gasteiger partial charge in [0.2, 0.25) is 5.91 Å². The van der Waals surface area contributed by atoms with Crippen LogP contribution in [0.15, 0.2) is 6.20 Å². The third-order valence-electron chi connectivity index (χ3n) is 2.37. The predicted molar refractivity (Wildman–Crippen MR) is 64.5 cm³/mol. The monoisotopic (exact) mass is 242 g/mol. The van der Waals surface area contributed by atoms with E-state index in [1.54, 1.807) is 18.3 Å². The van der Waals surface area contributed by atoms with Crippen LogP contribution in [-0.4, -0.2) is 24.1 Å². The van der Waals surface area contributed by atoms with Crippen LogP contribution >= 0.6 is 11.3 Å². The van der Waals surface area contributed by atoms with Gasteiger partial charge in [-0.25, -0.2) is 4.98 Å². The first kappa shape index (κ1) is 13.1. The second-order valence-electron chi connectivity index (χ2n) is 3.63. The Hall–Kier alpha value is -0.940. The third kappa shape index (κ3) is 3.28. The Labute approximate surface area is 100 Å². The molecule has 0 aliphatic heterocycles. The molecule has 16 heavy (non-hydrogen) atoms. The van der Waals surface area contributed by atoms with Crippen LogP contribution in [0.2, 0.25) is 0 Å². The van der Waals surface area contributed by atoms with Crippen molar-refractivity contribution in [3.8, 4) is 0 Å². The van der Waals surface area contributed by atoms with Crippen molar-refractivity contribution in [3.05, 3.63) is 16.1 Å². The van der Waals surface area contributed by atoms with Crippen LogP contribution in [-0.2, 0) is 16.0 Å². The zero-order valence-electron chi connectivity index (χ0n) is 10.1. The Bertz CT molecular complexity index is 352. The van der Waals surface area contributed by atoms with Gasteiger partial charge in [0.25, 0.3) is 0 Å². The Morgan fingerprint density at radius 1 is 1.62 bits per heavy atom. The first-order valence-corrected chi connectivity index (χ1v) is 6.17. The minimum atomic E-state index is -0.423. The number of hydrogen-bond acceptors (Lipinski definition) is 4. The van der Waals surface area contributed by atoms with Crippen molar-refractivity contribution in [1.82, 2.24) is 10.3 Å². The summed E-state index contributed by atoms with van der Waals surface area (Å²) in [6, 6.07) is -0.0598. The van der Waals surface area contributed by atoms with Crippen LogP contribution < -0.4 is 5.32 Å². The van der Waals surface area contributed by atoms with Crippen molar-refractivity contribution in [3.63, 3.8) is 0 Å². The number of carbonyl (C=O) groups is 1. The standard InChI is InChI=1S/C11H18N2O2S/c1-5-9-6-12-11(16-9)7(2)13-10(14)8(3)15-4/h6-8H,5H2,1-4H3,(H,13,14). The Morgan fingerprint density at radius 2 is 2.31 bits per heavy atom. The number of ether oxygens (including phenoxy) is 1. The number of aryl methyl sites for hydroxylation is 1. The molecule has 0 spiro atoms. The summed E-state index contributed by atoms with van der Waals surface area (Å²) < 4.78 is 4.95. The largest absolute Gasteiger partial charge is 0.372 e. The van der Waals surface area contributed by atoms with Crippen molar-refractivity contribution in [2.45, 2.75) is 39.3 Å². The highest BCUT2D eigenvalue weighted by atomic mass is 32.1. The molecule has 1 rings (SSSR count). The fourth-order valence-electron chi connectivity index (χ4n) is 1.19. The molecule has 1 aromatic heterocycles. The van der Waals surface area contributed by atoms with Gasteiger partial charge >= 0.3 is 0 Å². The quantitative estimate of drug-likeness (QED) is 0.858. The molecule has 2 unspecified atom stereocenters. The number of hydrogen-bond donors (Lipinski definition) is 1. The number of aromatic nitrogens is 1. The summed E-state index contributed by atoms with van der Waals surface area (Å²) in [5.41, 5.74) is 0. The van der Waals surface area contributed by atoms with E-state index >= 15 is 0 Å². The molecule has 90 valence electrons. The fraction of sp³-hybridized carbons (Fsp3) is 0.636. The lowest BCUT2D eigenvalue weighted by Gasteiger charge is -2.14. The molecule has 0 fully saturated rings. The maximum absolute atomic E-state index is 11.6. The first-order chi connectivity index (χ1) is 7.58. The lowest BCUT2D eigenvalue weighted by molar-refractivity contribution is -0.130. The van der Waals surface area contributed by atoms with E-state index in [0.717, 1.165) is 11.4 Å². The topological polar surface area (TPSA) is 51.2 Å². The van der Waals surface area contributed by atoms with Gasteiger partial charge in [0.05, 0.1) is 6.04 Å². The molecular formula is C11H18N2O2S. The number of carbonyl (C=O) groups excluding carboxylic acids is 1. The van der Waals surface area contributed by atoms with Gasteiger partial charge in [0, 0.05) is 18.2 Å².